The molecule has 1 aromatic carbocycles. The van der Waals surface area contributed by atoms with E-state index >= 15 is 0 Å². The van der Waals surface area contributed by atoms with Crippen LogP contribution in [0.25, 0.3) is 0 Å². The molecule has 0 aliphatic heterocycles. The third-order valence-electron chi connectivity index (χ3n) is 2.13. The summed E-state index contributed by atoms with van der Waals surface area (Å²) in [6.07, 6.45) is 0. The maximum Gasteiger partial charge on any atom is 0.129 e. The Hall–Kier alpha value is -1.38. The second-order valence-electron chi connectivity index (χ2n) is 3.42. The molecular formula is C11H16O3. The molecule has 0 spiro atoms. The fourth-order valence-corrected chi connectivity index (χ4v) is 1.45. The summed E-state index contributed by atoms with van der Waals surface area (Å²) in [5, 5.41) is 9.74. The average molecular weight is 196 g/mol. The zero-order valence-corrected chi connectivity index (χ0v) is 9.00. The molecule has 78 valence electrons. The van der Waals surface area contributed by atoms with Crippen LogP contribution in [-0.2, 0) is 0 Å². The SMILES string of the molecule is COc1cc(O)c(C(C)C)c(OC)c1. The molecule has 0 aliphatic rings. The molecule has 1 aromatic rings. The van der Waals surface area contributed by atoms with Crippen molar-refractivity contribution in [3.63, 3.8) is 0 Å². The summed E-state index contributed by atoms with van der Waals surface area (Å²) in [6, 6.07) is 3.37. The molecule has 0 aliphatic carbocycles. The van der Waals surface area contributed by atoms with Crippen molar-refractivity contribution >= 4 is 0 Å². The predicted octanol–water partition coefficient (Wildman–Crippen LogP) is 2.53. The Morgan fingerprint density at radius 3 is 2.21 bits per heavy atom. The first-order valence-corrected chi connectivity index (χ1v) is 4.55. The van der Waals surface area contributed by atoms with E-state index < -0.39 is 0 Å². The highest BCUT2D eigenvalue weighted by Crippen LogP contribution is 2.37. The number of phenols is 1. The normalized spacial score (nSPS) is 10.4. The molecule has 1 N–H and O–H groups in total. The second kappa shape index (κ2) is 4.22. The number of hydrogen-bond donors (Lipinski definition) is 1. The summed E-state index contributed by atoms with van der Waals surface area (Å²) in [5.41, 5.74) is 0.813. The van der Waals surface area contributed by atoms with Gasteiger partial charge in [-0.25, -0.2) is 0 Å². The number of rotatable bonds is 3. The van der Waals surface area contributed by atoms with Crippen LogP contribution < -0.4 is 9.47 Å². The smallest absolute Gasteiger partial charge is 0.129 e. The van der Waals surface area contributed by atoms with Gasteiger partial charge in [0.2, 0.25) is 0 Å². The fourth-order valence-electron chi connectivity index (χ4n) is 1.45. The van der Waals surface area contributed by atoms with E-state index in [0.29, 0.717) is 11.5 Å². The molecular weight excluding hydrogens is 180 g/mol. The van der Waals surface area contributed by atoms with E-state index in [0.717, 1.165) is 5.56 Å². The Morgan fingerprint density at radius 1 is 1.14 bits per heavy atom. The van der Waals surface area contributed by atoms with Crippen LogP contribution in [0, 0.1) is 0 Å². The standard InChI is InChI=1S/C11H16O3/c1-7(2)11-9(12)5-8(13-3)6-10(11)14-4/h5-7,12H,1-4H3. The number of phenolic OH excluding ortho intramolecular Hbond substituents is 1. The third kappa shape index (κ3) is 1.92. The van der Waals surface area contributed by atoms with Crippen LogP contribution in [0.1, 0.15) is 25.3 Å². The van der Waals surface area contributed by atoms with Gasteiger partial charge in [0, 0.05) is 17.7 Å². The van der Waals surface area contributed by atoms with Crippen molar-refractivity contribution in [3.05, 3.63) is 17.7 Å². The van der Waals surface area contributed by atoms with Crippen LogP contribution in [0.15, 0.2) is 12.1 Å². The number of methoxy groups -OCH3 is 2. The lowest BCUT2D eigenvalue weighted by molar-refractivity contribution is 0.377. The number of benzene rings is 1. The van der Waals surface area contributed by atoms with Crippen LogP contribution >= 0.6 is 0 Å². The summed E-state index contributed by atoms with van der Waals surface area (Å²) in [4.78, 5) is 0. The van der Waals surface area contributed by atoms with Gasteiger partial charge in [-0.2, -0.15) is 0 Å². The van der Waals surface area contributed by atoms with Crippen LogP contribution in [0.3, 0.4) is 0 Å². The molecule has 0 atom stereocenters. The Morgan fingerprint density at radius 2 is 1.79 bits per heavy atom. The first-order chi connectivity index (χ1) is 6.60. The van der Waals surface area contributed by atoms with Crippen molar-refractivity contribution in [1.29, 1.82) is 0 Å². The lowest BCUT2D eigenvalue weighted by atomic mass is 10.0. The summed E-state index contributed by atoms with van der Waals surface area (Å²) < 4.78 is 10.2. The Bertz CT molecular complexity index is 319. The predicted molar refractivity (Wildman–Crippen MR) is 55.3 cm³/mol. The molecule has 0 saturated heterocycles. The van der Waals surface area contributed by atoms with E-state index in [1.807, 2.05) is 13.8 Å². The molecule has 1 rings (SSSR count). The summed E-state index contributed by atoms with van der Waals surface area (Å²) in [7, 11) is 3.14. The van der Waals surface area contributed by atoms with Crippen molar-refractivity contribution in [2.24, 2.45) is 0 Å². The molecule has 3 heteroatoms. The highest BCUT2D eigenvalue weighted by Gasteiger charge is 2.14. The maximum atomic E-state index is 9.74. The lowest BCUT2D eigenvalue weighted by Crippen LogP contribution is -1.96. The Kier molecular flexibility index (Phi) is 3.23. The van der Waals surface area contributed by atoms with Crippen molar-refractivity contribution in [2.75, 3.05) is 14.2 Å². The van der Waals surface area contributed by atoms with Gasteiger partial charge in [-0.05, 0) is 5.92 Å². The van der Waals surface area contributed by atoms with Crippen LogP contribution in [0.2, 0.25) is 0 Å². The molecule has 0 bridgehead atoms. The van der Waals surface area contributed by atoms with Gasteiger partial charge in [0.15, 0.2) is 0 Å². The minimum absolute atomic E-state index is 0.218. The van der Waals surface area contributed by atoms with Gasteiger partial charge >= 0.3 is 0 Å². The molecule has 14 heavy (non-hydrogen) atoms. The molecule has 0 saturated carbocycles. The Labute approximate surface area is 84.3 Å². The molecule has 0 aromatic heterocycles. The minimum Gasteiger partial charge on any atom is -0.507 e. The van der Waals surface area contributed by atoms with Gasteiger partial charge in [0.25, 0.3) is 0 Å². The largest absolute Gasteiger partial charge is 0.507 e. The van der Waals surface area contributed by atoms with Gasteiger partial charge in [0.05, 0.1) is 14.2 Å². The van der Waals surface area contributed by atoms with E-state index in [4.69, 9.17) is 9.47 Å². The lowest BCUT2D eigenvalue weighted by Gasteiger charge is -2.14. The number of aromatic hydroxyl groups is 1. The van der Waals surface area contributed by atoms with Gasteiger partial charge in [-0.1, -0.05) is 13.8 Å². The molecule has 0 heterocycles. The van der Waals surface area contributed by atoms with Gasteiger partial charge < -0.3 is 14.6 Å². The molecule has 3 nitrogen and oxygen atoms in total. The molecule has 0 radical (unpaired) electrons. The monoisotopic (exact) mass is 196 g/mol. The highest BCUT2D eigenvalue weighted by molar-refractivity contribution is 5.51. The molecule has 0 unspecified atom stereocenters. The Balaban J connectivity index is 3.27. The van der Waals surface area contributed by atoms with Crippen molar-refractivity contribution in [2.45, 2.75) is 19.8 Å². The summed E-state index contributed by atoms with van der Waals surface area (Å²) in [6.45, 7) is 4.01. The van der Waals surface area contributed by atoms with Crippen molar-refractivity contribution in [1.82, 2.24) is 0 Å². The second-order valence-corrected chi connectivity index (χ2v) is 3.42. The van der Waals surface area contributed by atoms with Crippen LogP contribution in [0.4, 0.5) is 0 Å². The van der Waals surface area contributed by atoms with E-state index in [2.05, 4.69) is 0 Å². The first-order valence-electron chi connectivity index (χ1n) is 4.55. The minimum atomic E-state index is 0.218. The van der Waals surface area contributed by atoms with E-state index in [1.165, 1.54) is 0 Å². The molecule has 0 amide bonds. The fraction of sp³-hybridized carbons (Fsp3) is 0.455. The van der Waals surface area contributed by atoms with Gasteiger partial charge in [0.1, 0.15) is 17.2 Å². The van der Waals surface area contributed by atoms with Gasteiger partial charge in [-0.15, -0.1) is 0 Å². The van der Waals surface area contributed by atoms with E-state index in [9.17, 15) is 5.11 Å². The van der Waals surface area contributed by atoms with Crippen molar-refractivity contribution in [3.8, 4) is 17.2 Å². The van der Waals surface area contributed by atoms with Crippen LogP contribution in [-0.4, -0.2) is 19.3 Å². The van der Waals surface area contributed by atoms with Gasteiger partial charge in [-0.3, -0.25) is 0 Å². The number of ether oxygens (including phenoxy) is 2. The van der Waals surface area contributed by atoms with Crippen LogP contribution in [0.5, 0.6) is 17.2 Å². The number of hydrogen-bond acceptors (Lipinski definition) is 3. The quantitative estimate of drug-likeness (QED) is 0.807. The zero-order chi connectivity index (χ0) is 10.7. The topological polar surface area (TPSA) is 38.7 Å². The summed E-state index contributed by atoms with van der Waals surface area (Å²) >= 11 is 0. The average Bonchev–Trinajstić information content (AvgIpc) is 2.15. The highest BCUT2D eigenvalue weighted by atomic mass is 16.5. The van der Waals surface area contributed by atoms with E-state index in [-0.39, 0.29) is 11.7 Å². The maximum absolute atomic E-state index is 9.74. The molecule has 0 fully saturated rings. The first kappa shape index (κ1) is 10.7. The zero-order valence-electron chi connectivity index (χ0n) is 9.00. The third-order valence-corrected chi connectivity index (χ3v) is 2.13. The van der Waals surface area contributed by atoms with Crippen molar-refractivity contribution < 1.29 is 14.6 Å². The summed E-state index contributed by atoms with van der Waals surface area (Å²) in [5.74, 6) is 1.70. The van der Waals surface area contributed by atoms with E-state index in [1.54, 1.807) is 26.4 Å².